The van der Waals surface area contributed by atoms with E-state index in [-0.39, 0.29) is 10.6 Å². The second-order valence-electron chi connectivity index (χ2n) is 9.60. The second kappa shape index (κ2) is 8.01. The molecule has 0 saturated heterocycles. The van der Waals surface area contributed by atoms with Crippen molar-refractivity contribution in [1.29, 1.82) is 0 Å². The predicted octanol–water partition coefficient (Wildman–Crippen LogP) is 7.62. The fraction of sp³-hybridized carbons (Fsp3) is 0.652. The van der Waals surface area contributed by atoms with Gasteiger partial charge in [-0.3, -0.25) is 10.1 Å². The van der Waals surface area contributed by atoms with Crippen molar-refractivity contribution in [2.24, 2.45) is 0 Å². The van der Waals surface area contributed by atoms with Crippen molar-refractivity contribution in [2.45, 2.75) is 96.2 Å². The zero-order chi connectivity index (χ0) is 20.6. The van der Waals surface area contributed by atoms with Crippen LogP contribution in [-0.2, 0) is 0 Å². The highest BCUT2D eigenvalue weighted by Gasteiger charge is 2.46. The number of aromatic nitrogens is 1. The van der Waals surface area contributed by atoms with Crippen molar-refractivity contribution in [3.05, 3.63) is 40.1 Å². The summed E-state index contributed by atoms with van der Waals surface area (Å²) < 4.78 is 2.57. The van der Waals surface area contributed by atoms with E-state index in [0.717, 1.165) is 5.52 Å². The number of nitrogens with zero attached hydrogens (tertiary/aromatic N) is 2. The molecule has 0 unspecified atom stereocenters. The van der Waals surface area contributed by atoms with Crippen LogP contribution in [0.2, 0.25) is 16.6 Å². The summed E-state index contributed by atoms with van der Waals surface area (Å²) in [6, 6.07) is 5.56. The molecular formula is C23H36N2O2Si. The van der Waals surface area contributed by atoms with Gasteiger partial charge < -0.3 is 4.23 Å². The Bertz CT molecular complexity index is 826. The minimum absolute atomic E-state index is 0.209. The number of rotatable bonds is 6. The molecule has 1 saturated carbocycles. The summed E-state index contributed by atoms with van der Waals surface area (Å²) in [6.07, 6.45) is 8.85. The van der Waals surface area contributed by atoms with Crippen molar-refractivity contribution < 1.29 is 4.92 Å². The molecule has 28 heavy (non-hydrogen) atoms. The van der Waals surface area contributed by atoms with Gasteiger partial charge in [-0.25, -0.2) is 0 Å². The van der Waals surface area contributed by atoms with E-state index in [0.29, 0.717) is 22.5 Å². The van der Waals surface area contributed by atoms with Crippen molar-refractivity contribution in [2.75, 3.05) is 0 Å². The largest absolute Gasteiger partial charge is 0.373 e. The molecule has 154 valence electrons. The summed E-state index contributed by atoms with van der Waals surface area (Å²) in [5, 5.41) is 12.8. The third-order valence-corrected chi connectivity index (χ3v) is 14.0. The minimum atomic E-state index is -1.97. The molecule has 0 radical (unpaired) electrons. The van der Waals surface area contributed by atoms with Crippen LogP contribution in [0.1, 0.15) is 85.1 Å². The smallest absolute Gasteiger partial charge is 0.271 e. The molecule has 0 spiro atoms. The number of benzene rings is 1. The van der Waals surface area contributed by atoms with Crippen molar-refractivity contribution in [3.63, 3.8) is 0 Å². The van der Waals surface area contributed by atoms with E-state index < -0.39 is 8.24 Å². The second-order valence-corrected chi connectivity index (χ2v) is 15.3. The van der Waals surface area contributed by atoms with Gasteiger partial charge in [0.25, 0.3) is 5.69 Å². The monoisotopic (exact) mass is 400 g/mol. The van der Waals surface area contributed by atoms with Gasteiger partial charge in [0.15, 0.2) is 8.24 Å². The SMILES string of the molecule is CC(C)[Si](C(C)C)(C(C)C)n1cc(C2CCCCC2)c2ccc([N+](=O)[O-])cc21. The van der Waals surface area contributed by atoms with E-state index in [2.05, 4.69) is 52.0 Å². The van der Waals surface area contributed by atoms with Crippen LogP contribution in [0, 0.1) is 10.1 Å². The van der Waals surface area contributed by atoms with Crippen molar-refractivity contribution >= 4 is 24.8 Å². The van der Waals surface area contributed by atoms with Crippen LogP contribution < -0.4 is 0 Å². The molecule has 0 atom stereocenters. The summed E-state index contributed by atoms with van der Waals surface area (Å²) in [5.41, 5.74) is 4.41. The van der Waals surface area contributed by atoms with Gasteiger partial charge in [-0.2, -0.15) is 0 Å². The summed E-state index contributed by atoms with van der Waals surface area (Å²) >= 11 is 0. The van der Waals surface area contributed by atoms with Gasteiger partial charge in [0.05, 0.1) is 4.92 Å². The first-order chi connectivity index (χ1) is 13.2. The number of nitro groups is 1. The highest BCUT2D eigenvalue weighted by Crippen LogP contribution is 2.47. The Hall–Kier alpha value is -1.62. The average molecular weight is 401 g/mol. The van der Waals surface area contributed by atoms with Crippen LogP contribution in [0.25, 0.3) is 10.9 Å². The molecule has 1 fully saturated rings. The molecule has 0 bridgehead atoms. The van der Waals surface area contributed by atoms with Gasteiger partial charge in [-0.05, 0) is 53.2 Å². The Kier molecular flexibility index (Phi) is 6.04. The normalized spacial score (nSPS) is 16.6. The topological polar surface area (TPSA) is 48.1 Å². The molecule has 0 aliphatic heterocycles. The third kappa shape index (κ3) is 3.32. The molecule has 0 amide bonds. The van der Waals surface area contributed by atoms with Crippen LogP contribution in [-0.4, -0.2) is 17.4 Å². The maximum absolute atomic E-state index is 11.5. The highest BCUT2D eigenvalue weighted by molar-refractivity contribution is 6.82. The van der Waals surface area contributed by atoms with Gasteiger partial charge in [0.1, 0.15) is 0 Å². The van der Waals surface area contributed by atoms with Gasteiger partial charge in [0.2, 0.25) is 0 Å². The fourth-order valence-electron chi connectivity index (χ4n) is 6.25. The maximum Gasteiger partial charge on any atom is 0.271 e. The molecule has 4 nitrogen and oxygen atoms in total. The van der Waals surface area contributed by atoms with E-state index >= 15 is 0 Å². The predicted molar refractivity (Wildman–Crippen MR) is 121 cm³/mol. The van der Waals surface area contributed by atoms with Crippen LogP contribution in [0.15, 0.2) is 24.4 Å². The minimum Gasteiger partial charge on any atom is -0.373 e. The molecule has 1 aliphatic carbocycles. The van der Waals surface area contributed by atoms with Gasteiger partial charge in [-0.1, -0.05) is 60.8 Å². The van der Waals surface area contributed by atoms with Crippen molar-refractivity contribution in [1.82, 2.24) is 4.23 Å². The average Bonchev–Trinajstić information content (AvgIpc) is 3.01. The van der Waals surface area contributed by atoms with Crippen LogP contribution in [0.4, 0.5) is 5.69 Å². The first-order valence-electron chi connectivity index (χ1n) is 11.0. The zero-order valence-corrected chi connectivity index (χ0v) is 19.4. The van der Waals surface area contributed by atoms with Crippen LogP contribution in [0.3, 0.4) is 0 Å². The molecule has 5 heteroatoms. The number of non-ortho nitro benzene ring substituents is 1. The standard InChI is InChI=1S/C23H36N2O2Si/c1-16(2)28(17(3)4,18(5)6)24-15-22(19-10-8-7-9-11-19)21-13-12-20(25(26)27)14-23(21)24/h12-19H,7-11H2,1-6H3. The third-order valence-electron chi connectivity index (χ3n) is 7.27. The summed E-state index contributed by atoms with van der Waals surface area (Å²) in [4.78, 5) is 11.3. The molecule has 1 heterocycles. The van der Waals surface area contributed by atoms with E-state index in [1.165, 1.54) is 43.1 Å². The van der Waals surface area contributed by atoms with Crippen LogP contribution in [0.5, 0.6) is 0 Å². The lowest BCUT2D eigenvalue weighted by molar-refractivity contribution is -0.384. The summed E-state index contributed by atoms with van der Waals surface area (Å²) in [7, 11) is -1.97. The lowest BCUT2D eigenvalue weighted by Crippen LogP contribution is -2.51. The maximum atomic E-state index is 11.5. The van der Waals surface area contributed by atoms with Crippen molar-refractivity contribution in [3.8, 4) is 0 Å². The fourth-order valence-corrected chi connectivity index (χ4v) is 12.9. The Morgan fingerprint density at radius 1 is 1.00 bits per heavy atom. The molecule has 3 rings (SSSR count). The number of fused-ring (bicyclic) bond motifs is 1. The Morgan fingerprint density at radius 2 is 1.57 bits per heavy atom. The van der Waals surface area contributed by atoms with Gasteiger partial charge >= 0.3 is 0 Å². The molecular weight excluding hydrogens is 364 g/mol. The van der Waals surface area contributed by atoms with Crippen LogP contribution >= 0.6 is 0 Å². The molecule has 2 aromatic rings. The Labute approximate surface area is 170 Å². The van der Waals surface area contributed by atoms with E-state index in [1.807, 2.05) is 12.1 Å². The van der Waals surface area contributed by atoms with E-state index in [4.69, 9.17) is 0 Å². The quantitative estimate of drug-likeness (QED) is 0.284. The Morgan fingerprint density at radius 3 is 2.07 bits per heavy atom. The lowest BCUT2D eigenvalue weighted by Gasteiger charge is -2.44. The van der Waals surface area contributed by atoms with E-state index in [1.54, 1.807) is 6.07 Å². The summed E-state index contributed by atoms with van der Waals surface area (Å²) in [6.45, 7) is 14.1. The van der Waals surface area contributed by atoms with E-state index in [9.17, 15) is 10.1 Å². The molecule has 0 N–H and O–H groups in total. The van der Waals surface area contributed by atoms with Gasteiger partial charge in [-0.15, -0.1) is 0 Å². The number of hydrogen-bond donors (Lipinski definition) is 0. The van der Waals surface area contributed by atoms with Gasteiger partial charge in [0, 0.05) is 23.0 Å². The lowest BCUT2D eigenvalue weighted by atomic mass is 9.84. The first kappa shape index (κ1) is 21.1. The first-order valence-corrected chi connectivity index (χ1v) is 13.2. The molecule has 1 aromatic carbocycles. The zero-order valence-electron chi connectivity index (χ0n) is 18.4. The number of hydrogen-bond acceptors (Lipinski definition) is 2. The molecule has 1 aromatic heterocycles. The summed E-state index contributed by atoms with van der Waals surface area (Å²) in [5.74, 6) is 0.595. The molecule has 1 aliphatic rings. The Balaban J connectivity index is 2.33. The highest BCUT2D eigenvalue weighted by atomic mass is 28.3. The number of nitro benzene ring substituents is 1.